The number of anilines is 1. The van der Waals surface area contributed by atoms with Gasteiger partial charge in [0.15, 0.2) is 0 Å². The van der Waals surface area contributed by atoms with Crippen LogP contribution in [0.2, 0.25) is 0 Å². The highest BCUT2D eigenvalue weighted by Gasteiger charge is 2.33. The summed E-state index contributed by atoms with van der Waals surface area (Å²) in [6.07, 6.45) is -0.475. The van der Waals surface area contributed by atoms with Crippen molar-refractivity contribution in [2.24, 2.45) is 5.73 Å². The standard InChI is InChI=1S/C13H18F3N3/c14-13(15,16)11-6-2-7-12(18-11)19(9-3-8-17)10-4-1-5-10/h2,6-7,10H,1,3-5,8-9,17H2. The molecule has 0 amide bonds. The number of hydrogen-bond acceptors (Lipinski definition) is 3. The molecule has 0 aliphatic heterocycles. The first kappa shape index (κ1) is 14.1. The SMILES string of the molecule is NCCCN(c1cccc(C(F)(F)F)n1)C1CCC1. The summed E-state index contributed by atoms with van der Waals surface area (Å²) in [6, 6.07) is 4.37. The highest BCUT2D eigenvalue weighted by atomic mass is 19.4. The maximum atomic E-state index is 12.7. The second-order valence-electron chi connectivity index (χ2n) is 4.80. The fourth-order valence-electron chi connectivity index (χ4n) is 2.19. The Bertz CT molecular complexity index is 416. The van der Waals surface area contributed by atoms with E-state index in [-0.39, 0.29) is 0 Å². The van der Waals surface area contributed by atoms with E-state index in [9.17, 15) is 13.2 Å². The van der Waals surface area contributed by atoms with Gasteiger partial charge >= 0.3 is 6.18 Å². The number of hydrogen-bond donors (Lipinski definition) is 1. The number of pyridine rings is 1. The van der Waals surface area contributed by atoms with Crippen molar-refractivity contribution in [1.29, 1.82) is 0 Å². The molecule has 1 fully saturated rings. The Morgan fingerprint density at radius 3 is 2.58 bits per heavy atom. The van der Waals surface area contributed by atoms with Gasteiger partial charge in [0.2, 0.25) is 0 Å². The molecule has 1 aromatic rings. The van der Waals surface area contributed by atoms with Crippen molar-refractivity contribution in [2.45, 2.75) is 37.9 Å². The molecule has 0 bridgehead atoms. The lowest BCUT2D eigenvalue weighted by atomic mass is 9.91. The van der Waals surface area contributed by atoms with E-state index in [2.05, 4.69) is 4.98 Å². The molecule has 3 nitrogen and oxygen atoms in total. The zero-order chi connectivity index (χ0) is 13.9. The van der Waals surface area contributed by atoms with Gasteiger partial charge in [-0.25, -0.2) is 4.98 Å². The van der Waals surface area contributed by atoms with Gasteiger partial charge in [0.05, 0.1) is 0 Å². The van der Waals surface area contributed by atoms with Crippen LogP contribution < -0.4 is 10.6 Å². The zero-order valence-corrected chi connectivity index (χ0v) is 10.7. The quantitative estimate of drug-likeness (QED) is 0.897. The molecule has 0 aromatic carbocycles. The van der Waals surface area contributed by atoms with E-state index in [0.29, 0.717) is 24.9 Å². The number of aromatic nitrogens is 1. The van der Waals surface area contributed by atoms with Crippen molar-refractivity contribution < 1.29 is 13.2 Å². The lowest BCUT2D eigenvalue weighted by Crippen LogP contribution is -2.42. The average molecular weight is 273 g/mol. The number of nitrogens with two attached hydrogens (primary N) is 1. The Kier molecular flexibility index (Phi) is 4.29. The Labute approximate surface area is 110 Å². The molecular formula is C13H18F3N3. The minimum atomic E-state index is -4.39. The van der Waals surface area contributed by atoms with Crippen LogP contribution in [0.15, 0.2) is 18.2 Å². The fourth-order valence-corrected chi connectivity index (χ4v) is 2.19. The Morgan fingerprint density at radius 2 is 2.05 bits per heavy atom. The van der Waals surface area contributed by atoms with Gasteiger partial charge in [-0.2, -0.15) is 13.2 Å². The monoisotopic (exact) mass is 273 g/mol. The number of nitrogens with zero attached hydrogens (tertiary/aromatic N) is 2. The van der Waals surface area contributed by atoms with Crippen LogP contribution in [0.1, 0.15) is 31.4 Å². The van der Waals surface area contributed by atoms with Gasteiger partial charge in [0, 0.05) is 12.6 Å². The molecule has 19 heavy (non-hydrogen) atoms. The van der Waals surface area contributed by atoms with Gasteiger partial charge in [-0.05, 0) is 44.4 Å². The zero-order valence-electron chi connectivity index (χ0n) is 10.7. The number of halogens is 3. The maximum Gasteiger partial charge on any atom is 0.433 e. The second-order valence-corrected chi connectivity index (χ2v) is 4.80. The van der Waals surface area contributed by atoms with E-state index in [4.69, 9.17) is 5.73 Å². The Hall–Kier alpha value is -1.30. The first-order chi connectivity index (χ1) is 9.02. The van der Waals surface area contributed by atoms with E-state index in [1.807, 2.05) is 4.90 Å². The van der Waals surface area contributed by atoms with Crippen LogP contribution in [0.25, 0.3) is 0 Å². The molecule has 0 unspecified atom stereocenters. The molecule has 106 valence electrons. The summed E-state index contributed by atoms with van der Waals surface area (Å²) in [7, 11) is 0. The molecule has 1 aliphatic carbocycles. The van der Waals surface area contributed by atoms with Gasteiger partial charge in [0.25, 0.3) is 0 Å². The smallest absolute Gasteiger partial charge is 0.354 e. The number of rotatable bonds is 5. The van der Waals surface area contributed by atoms with Crippen molar-refractivity contribution >= 4 is 5.82 Å². The van der Waals surface area contributed by atoms with Crippen LogP contribution in [0.3, 0.4) is 0 Å². The van der Waals surface area contributed by atoms with Crippen molar-refractivity contribution in [3.05, 3.63) is 23.9 Å². The van der Waals surface area contributed by atoms with Crippen LogP contribution >= 0.6 is 0 Å². The van der Waals surface area contributed by atoms with E-state index in [1.165, 1.54) is 6.07 Å². The van der Waals surface area contributed by atoms with Gasteiger partial charge in [0.1, 0.15) is 11.5 Å². The van der Waals surface area contributed by atoms with Crippen LogP contribution in [-0.4, -0.2) is 24.1 Å². The summed E-state index contributed by atoms with van der Waals surface area (Å²) in [5.74, 6) is 0.410. The minimum Gasteiger partial charge on any atom is -0.354 e. The molecule has 0 spiro atoms. The van der Waals surface area contributed by atoms with Crippen LogP contribution in [0.5, 0.6) is 0 Å². The van der Waals surface area contributed by atoms with Crippen molar-refractivity contribution in [3.8, 4) is 0 Å². The third kappa shape index (κ3) is 3.37. The fraction of sp³-hybridized carbons (Fsp3) is 0.615. The summed E-state index contributed by atoms with van der Waals surface area (Å²) >= 11 is 0. The summed E-state index contributed by atoms with van der Waals surface area (Å²) in [4.78, 5) is 5.72. The van der Waals surface area contributed by atoms with Gasteiger partial charge < -0.3 is 10.6 Å². The summed E-state index contributed by atoms with van der Waals surface area (Å²) < 4.78 is 38.0. The molecule has 1 aliphatic rings. The molecule has 6 heteroatoms. The summed E-state index contributed by atoms with van der Waals surface area (Å²) in [5, 5.41) is 0. The highest BCUT2D eigenvalue weighted by molar-refractivity contribution is 5.41. The highest BCUT2D eigenvalue weighted by Crippen LogP contribution is 2.32. The largest absolute Gasteiger partial charge is 0.433 e. The average Bonchev–Trinajstić information content (AvgIpc) is 2.31. The third-order valence-corrected chi connectivity index (χ3v) is 3.44. The van der Waals surface area contributed by atoms with Crippen LogP contribution in [0.4, 0.5) is 19.0 Å². The minimum absolute atomic E-state index is 0.308. The second kappa shape index (κ2) is 5.77. The molecule has 2 rings (SSSR count). The molecular weight excluding hydrogens is 255 g/mol. The van der Waals surface area contributed by atoms with E-state index in [1.54, 1.807) is 6.07 Å². The molecule has 1 aromatic heterocycles. The molecule has 1 heterocycles. The lowest BCUT2D eigenvalue weighted by molar-refractivity contribution is -0.141. The third-order valence-electron chi connectivity index (χ3n) is 3.44. The van der Waals surface area contributed by atoms with Crippen molar-refractivity contribution in [2.75, 3.05) is 18.0 Å². The predicted octanol–water partition coefficient (Wildman–Crippen LogP) is 2.81. The first-order valence-electron chi connectivity index (χ1n) is 6.53. The van der Waals surface area contributed by atoms with Crippen LogP contribution in [0, 0.1) is 0 Å². The van der Waals surface area contributed by atoms with Gasteiger partial charge in [-0.15, -0.1) is 0 Å². The maximum absolute atomic E-state index is 12.7. The lowest BCUT2D eigenvalue weighted by Gasteiger charge is -2.38. The van der Waals surface area contributed by atoms with Gasteiger partial charge in [-0.3, -0.25) is 0 Å². The van der Waals surface area contributed by atoms with Crippen molar-refractivity contribution in [3.63, 3.8) is 0 Å². The topological polar surface area (TPSA) is 42.1 Å². The molecule has 1 saturated carbocycles. The van der Waals surface area contributed by atoms with Gasteiger partial charge in [-0.1, -0.05) is 6.07 Å². The summed E-state index contributed by atoms with van der Waals surface area (Å²) in [6.45, 7) is 1.19. The van der Waals surface area contributed by atoms with E-state index in [0.717, 1.165) is 31.7 Å². The first-order valence-corrected chi connectivity index (χ1v) is 6.53. The molecule has 0 radical (unpaired) electrons. The summed E-state index contributed by atoms with van der Waals surface area (Å²) in [5.41, 5.74) is 4.66. The van der Waals surface area contributed by atoms with E-state index >= 15 is 0 Å². The molecule has 2 N–H and O–H groups in total. The van der Waals surface area contributed by atoms with Crippen molar-refractivity contribution in [1.82, 2.24) is 4.98 Å². The normalized spacial score (nSPS) is 16.2. The molecule has 0 saturated heterocycles. The number of alkyl halides is 3. The molecule has 0 atom stereocenters. The predicted molar refractivity (Wildman–Crippen MR) is 67.9 cm³/mol. The van der Waals surface area contributed by atoms with E-state index < -0.39 is 11.9 Å². The Morgan fingerprint density at radius 1 is 1.32 bits per heavy atom. The van der Waals surface area contributed by atoms with Crippen LogP contribution in [-0.2, 0) is 6.18 Å². The Balaban J connectivity index is 2.20.